The Hall–Kier alpha value is -4.44. The molecule has 12 nitrogen and oxygen atoms in total. The van der Waals surface area contributed by atoms with Crippen LogP contribution in [0.4, 0.5) is 5.69 Å². The molecule has 0 radical (unpaired) electrons. The van der Waals surface area contributed by atoms with Crippen LogP contribution < -0.4 is 22.1 Å². The molecular formula is C30H32N6O6. The topological polar surface area (TPSA) is 214 Å². The number of phenolic OH excluding ortho intramolecular Hbond substituents is 1. The normalized spacial score (nSPS) is 32.1. The zero-order chi connectivity index (χ0) is 31.1. The molecule has 218 valence electrons. The van der Waals surface area contributed by atoms with Gasteiger partial charge in [-0.15, -0.1) is 0 Å². The summed E-state index contributed by atoms with van der Waals surface area (Å²) in [6.45, 7) is 0. The van der Waals surface area contributed by atoms with Crippen molar-refractivity contribution < 1.29 is 29.1 Å². The van der Waals surface area contributed by atoms with Crippen molar-refractivity contribution in [1.29, 1.82) is 5.26 Å². The second-order valence-electron chi connectivity index (χ2n) is 12.0. The molecule has 42 heavy (non-hydrogen) atoms. The first-order chi connectivity index (χ1) is 19.6. The fraction of sp³-hybridized carbons (Fsp3) is 0.400. The minimum atomic E-state index is -2.77. The van der Waals surface area contributed by atoms with Crippen molar-refractivity contribution in [1.82, 2.24) is 4.90 Å². The van der Waals surface area contributed by atoms with Gasteiger partial charge in [0, 0.05) is 25.3 Å². The number of phenols is 1. The van der Waals surface area contributed by atoms with Gasteiger partial charge < -0.3 is 27.2 Å². The molecule has 2 unspecified atom stereocenters. The van der Waals surface area contributed by atoms with Crippen molar-refractivity contribution >= 4 is 34.7 Å². The zero-order valence-corrected chi connectivity index (χ0v) is 23.7. The predicted molar refractivity (Wildman–Crippen MR) is 151 cm³/mol. The summed E-state index contributed by atoms with van der Waals surface area (Å²) in [5.41, 5.74) is 15.0. The molecule has 0 bridgehead atoms. The van der Waals surface area contributed by atoms with Crippen molar-refractivity contribution in [2.45, 2.75) is 30.0 Å². The number of rotatable bonds is 4. The van der Waals surface area contributed by atoms with Crippen LogP contribution in [0.2, 0.25) is 0 Å². The average molecular weight is 573 g/mol. The molecule has 0 aliphatic heterocycles. The van der Waals surface area contributed by atoms with Gasteiger partial charge in [-0.05, 0) is 61.8 Å². The van der Waals surface area contributed by atoms with E-state index >= 15 is 0 Å². The lowest BCUT2D eigenvalue weighted by atomic mass is 9.42. The maximum atomic E-state index is 14.4. The highest BCUT2D eigenvalue weighted by Gasteiger charge is 2.78. The number of carbonyl (C=O) groups is 5. The number of hydrogen-bond acceptors (Lipinski definition) is 11. The molecular weight excluding hydrogens is 540 g/mol. The molecule has 5 rings (SSSR count). The number of benzene rings is 2. The van der Waals surface area contributed by atoms with E-state index in [1.165, 1.54) is 25.1 Å². The van der Waals surface area contributed by atoms with Gasteiger partial charge in [-0.1, -0.05) is 18.2 Å². The highest BCUT2D eigenvalue weighted by atomic mass is 16.3. The molecule has 0 heterocycles. The van der Waals surface area contributed by atoms with Crippen LogP contribution in [0.15, 0.2) is 36.4 Å². The van der Waals surface area contributed by atoms with Gasteiger partial charge in [0.25, 0.3) is 0 Å². The van der Waals surface area contributed by atoms with Gasteiger partial charge in [0.2, 0.25) is 5.91 Å². The van der Waals surface area contributed by atoms with Crippen molar-refractivity contribution in [2.24, 2.45) is 34.5 Å². The number of aromatic hydroxyl groups is 1. The highest BCUT2D eigenvalue weighted by molar-refractivity contribution is 6.33. The molecule has 1 amide bonds. The van der Waals surface area contributed by atoms with E-state index in [-0.39, 0.29) is 17.7 Å². The lowest BCUT2D eigenvalue weighted by Crippen LogP contribution is -2.85. The number of likely N-dealkylation sites (N-methyl/N-ethyl adjacent to an activating group) is 1. The standard InChI is InChI=1S/C30H32N6O6/c1-35(2)15-7-5-14(6-8-15)16-9-10-18(37)19-17(16)11-28(33)12-30(34)24(36(3)4)23(39)20(27(32)42)25(40)29(30,13-31)26(41)21(28)22(19)38/h5-10,20-21,24,37H,11-12,33-34H2,1-4H3,(H2,32,42)/t20?,21?,24-,28-,29+,30-/m1/s1. The summed E-state index contributed by atoms with van der Waals surface area (Å²) < 4.78 is 0. The van der Waals surface area contributed by atoms with Crippen LogP contribution in [0.3, 0.4) is 0 Å². The number of ketones is 4. The number of fused-ring (bicyclic) bond motifs is 3. The Labute approximate surface area is 242 Å². The number of primary amides is 1. The van der Waals surface area contributed by atoms with Crippen LogP contribution in [-0.2, 0) is 25.6 Å². The minimum absolute atomic E-state index is 0.133. The summed E-state index contributed by atoms with van der Waals surface area (Å²) in [6, 6.07) is 10.7. The predicted octanol–water partition coefficient (Wildman–Crippen LogP) is -0.459. The van der Waals surface area contributed by atoms with Gasteiger partial charge in [-0.3, -0.25) is 28.9 Å². The van der Waals surface area contributed by atoms with E-state index in [0.717, 1.165) is 11.3 Å². The molecule has 3 aliphatic rings. The van der Waals surface area contributed by atoms with Crippen LogP contribution in [0.1, 0.15) is 22.3 Å². The molecule has 0 saturated heterocycles. The average Bonchev–Trinajstić information content (AvgIpc) is 2.87. The Kier molecular flexibility index (Phi) is 6.43. The Morgan fingerprint density at radius 1 is 1.00 bits per heavy atom. The second kappa shape index (κ2) is 9.29. The monoisotopic (exact) mass is 572 g/mol. The quantitative estimate of drug-likeness (QED) is 0.344. The fourth-order valence-corrected chi connectivity index (χ4v) is 7.42. The van der Waals surface area contributed by atoms with E-state index in [1.807, 2.05) is 43.3 Å². The summed E-state index contributed by atoms with van der Waals surface area (Å²) in [6.07, 6.45) is -0.596. The van der Waals surface area contributed by atoms with Gasteiger partial charge in [0.15, 0.2) is 34.5 Å². The smallest absolute Gasteiger partial charge is 0.235 e. The number of hydrogen-bond donors (Lipinski definition) is 4. The third kappa shape index (κ3) is 3.54. The van der Waals surface area contributed by atoms with Crippen LogP contribution in [0, 0.1) is 28.6 Å². The number of anilines is 1. The summed E-state index contributed by atoms with van der Waals surface area (Å²) in [4.78, 5) is 71.4. The summed E-state index contributed by atoms with van der Waals surface area (Å²) in [7, 11) is 6.71. The van der Waals surface area contributed by atoms with Gasteiger partial charge in [0.1, 0.15) is 11.7 Å². The van der Waals surface area contributed by atoms with Crippen LogP contribution in [0.5, 0.6) is 5.75 Å². The molecule has 3 aliphatic carbocycles. The van der Waals surface area contributed by atoms with Crippen molar-refractivity contribution in [3.63, 3.8) is 0 Å². The molecule has 7 N–H and O–H groups in total. The molecule has 2 aromatic carbocycles. The molecule has 6 atom stereocenters. The largest absolute Gasteiger partial charge is 0.507 e. The summed E-state index contributed by atoms with van der Waals surface area (Å²) in [5, 5.41) is 21.3. The SMILES string of the molecule is CN(C)c1ccc(-c2ccc(O)c3c2C[C@@]2(N)C[C@@]4(N)[C@H](N(C)C)C(=O)C(C(N)=O)C(=O)[C@@]4(C#N)C(=O)C2C3=O)cc1. The second-order valence-corrected chi connectivity index (χ2v) is 12.0. The van der Waals surface area contributed by atoms with E-state index in [4.69, 9.17) is 17.2 Å². The van der Waals surface area contributed by atoms with E-state index in [2.05, 4.69) is 0 Å². The Balaban J connectivity index is 1.75. The van der Waals surface area contributed by atoms with Crippen molar-refractivity contribution in [3.05, 3.63) is 47.5 Å². The van der Waals surface area contributed by atoms with E-state index in [0.29, 0.717) is 11.1 Å². The number of nitrogens with zero attached hydrogens (tertiary/aromatic N) is 3. The molecule has 0 aromatic heterocycles. The number of nitrogens with two attached hydrogens (primary N) is 3. The minimum Gasteiger partial charge on any atom is -0.507 e. The Bertz CT molecular complexity index is 1630. The number of nitriles is 1. The molecule has 12 heteroatoms. The first-order valence-corrected chi connectivity index (χ1v) is 13.3. The van der Waals surface area contributed by atoms with Crippen molar-refractivity contribution in [2.75, 3.05) is 33.1 Å². The third-order valence-electron chi connectivity index (χ3n) is 9.17. The van der Waals surface area contributed by atoms with Crippen LogP contribution >= 0.6 is 0 Å². The third-order valence-corrected chi connectivity index (χ3v) is 9.17. The molecule has 2 saturated carbocycles. The molecule has 2 aromatic rings. The van der Waals surface area contributed by atoms with Gasteiger partial charge in [-0.25, -0.2) is 0 Å². The first kappa shape index (κ1) is 29.1. The van der Waals surface area contributed by atoms with Crippen LogP contribution in [0.25, 0.3) is 11.1 Å². The summed E-state index contributed by atoms with van der Waals surface area (Å²) >= 11 is 0. The van der Waals surface area contributed by atoms with Gasteiger partial charge in [-0.2, -0.15) is 5.26 Å². The summed E-state index contributed by atoms with van der Waals surface area (Å²) in [5.74, 6) is -9.95. The fourth-order valence-electron chi connectivity index (χ4n) is 7.42. The molecule has 2 fully saturated rings. The maximum absolute atomic E-state index is 14.4. The van der Waals surface area contributed by atoms with Gasteiger partial charge >= 0.3 is 0 Å². The van der Waals surface area contributed by atoms with Crippen molar-refractivity contribution in [3.8, 4) is 22.9 Å². The number of Topliss-reactive ketones (excluding diaryl/α,β-unsaturated/α-hetero) is 4. The first-order valence-electron chi connectivity index (χ1n) is 13.3. The number of carbonyl (C=O) groups excluding carboxylic acids is 5. The Morgan fingerprint density at radius 2 is 1.62 bits per heavy atom. The van der Waals surface area contributed by atoms with E-state index in [9.17, 15) is 34.3 Å². The van der Waals surface area contributed by atoms with Crippen LogP contribution in [-0.4, -0.2) is 84.4 Å². The Morgan fingerprint density at radius 3 is 2.14 bits per heavy atom. The lowest BCUT2D eigenvalue weighted by molar-refractivity contribution is -0.166. The number of amides is 1. The van der Waals surface area contributed by atoms with E-state index in [1.54, 1.807) is 12.1 Å². The van der Waals surface area contributed by atoms with Gasteiger partial charge in [0.05, 0.1) is 23.2 Å². The van der Waals surface area contributed by atoms with E-state index < -0.39 is 69.8 Å². The highest BCUT2D eigenvalue weighted by Crippen LogP contribution is 2.57. The maximum Gasteiger partial charge on any atom is 0.235 e. The molecule has 0 spiro atoms. The zero-order valence-electron chi connectivity index (χ0n) is 23.7. The lowest BCUT2D eigenvalue weighted by Gasteiger charge is -2.60.